The van der Waals surface area contributed by atoms with Crippen LogP contribution in [0.4, 0.5) is 0 Å². The van der Waals surface area contributed by atoms with Crippen LogP contribution in [-0.4, -0.2) is 42.5 Å². The van der Waals surface area contributed by atoms with Gasteiger partial charge in [-0.2, -0.15) is 0 Å². The molecule has 1 saturated heterocycles. The van der Waals surface area contributed by atoms with Crippen molar-refractivity contribution >= 4 is 5.78 Å². The second-order valence-electron chi connectivity index (χ2n) is 7.86. The third-order valence-corrected chi connectivity index (χ3v) is 6.07. The molecule has 2 atom stereocenters. The highest BCUT2D eigenvalue weighted by Gasteiger charge is 2.35. The van der Waals surface area contributed by atoms with Gasteiger partial charge in [-0.3, -0.25) is 9.69 Å². The minimum Gasteiger partial charge on any atom is -0.376 e. The number of benzene rings is 2. The summed E-state index contributed by atoms with van der Waals surface area (Å²) in [5.41, 5.74) is 2.60. The maximum atomic E-state index is 11.8. The lowest BCUT2D eigenvalue weighted by Gasteiger charge is -2.38. The molecule has 1 aliphatic carbocycles. The van der Waals surface area contributed by atoms with Gasteiger partial charge in [0.15, 0.2) is 0 Å². The van der Waals surface area contributed by atoms with Crippen molar-refractivity contribution in [3.8, 4) is 0 Å². The van der Waals surface area contributed by atoms with Gasteiger partial charge in [-0.1, -0.05) is 73.5 Å². The van der Waals surface area contributed by atoms with Crippen molar-refractivity contribution in [1.29, 1.82) is 0 Å². The van der Waals surface area contributed by atoms with Gasteiger partial charge in [0, 0.05) is 24.9 Å². The number of hydrogen-bond donors (Lipinski definition) is 0. The van der Waals surface area contributed by atoms with Crippen molar-refractivity contribution < 1.29 is 9.53 Å². The Morgan fingerprint density at radius 3 is 2.15 bits per heavy atom. The molecule has 27 heavy (non-hydrogen) atoms. The van der Waals surface area contributed by atoms with E-state index in [1.807, 2.05) is 0 Å². The maximum Gasteiger partial charge on any atom is 0.148 e. The fourth-order valence-electron chi connectivity index (χ4n) is 4.60. The van der Waals surface area contributed by atoms with Gasteiger partial charge < -0.3 is 4.74 Å². The van der Waals surface area contributed by atoms with E-state index in [9.17, 15) is 4.79 Å². The van der Waals surface area contributed by atoms with Crippen LogP contribution in [0, 0.1) is 0 Å². The summed E-state index contributed by atoms with van der Waals surface area (Å²) < 4.78 is 6.56. The Labute approximate surface area is 162 Å². The number of nitrogens with zero attached hydrogens (tertiary/aromatic N) is 1. The number of carbonyl (C=O) groups is 1. The van der Waals surface area contributed by atoms with Crippen molar-refractivity contribution in [2.24, 2.45) is 0 Å². The molecular weight excluding hydrogens is 334 g/mol. The molecule has 2 aromatic rings. The molecule has 0 bridgehead atoms. The molecule has 0 unspecified atom stereocenters. The average molecular weight is 364 g/mol. The van der Waals surface area contributed by atoms with Crippen LogP contribution in [0.15, 0.2) is 60.7 Å². The Morgan fingerprint density at radius 1 is 0.926 bits per heavy atom. The number of carbonyl (C=O) groups excluding carboxylic acids is 1. The predicted octanol–water partition coefficient (Wildman–Crippen LogP) is 4.42. The molecule has 1 heterocycles. The molecular formula is C24H29NO2. The average Bonchev–Trinajstić information content (AvgIpc) is 3.16. The molecule has 3 nitrogen and oxygen atoms in total. The first-order valence-electron chi connectivity index (χ1n) is 10.3. The summed E-state index contributed by atoms with van der Waals surface area (Å²) in [5, 5.41) is 0. The zero-order valence-electron chi connectivity index (χ0n) is 15.9. The number of rotatable bonds is 6. The Hall–Kier alpha value is -1.97. The zero-order chi connectivity index (χ0) is 18.5. The van der Waals surface area contributed by atoms with Gasteiger partial charge in [0.05, 0.1) is 19.3 Å². The van der Waals surface area contributed by atoms with Crippen LogP contribution >= 0.6 is 0 Å². The first-order chi connectivity index (χ1) is 13.3. The van der Waals surface area contributed by atoms with Gasteiger partial charge in [0.25, 0.3) is 0 Å². The standard InChI is InChI=1S/C24H29NO2/c26-21-15-16-25(17-21)23-13-7-8-14-24(23)27-18-22(19-9-3-1-4-10-19)20-11-5-2-6-12-20/h1-6,9-12,22-24H,7-8,13-18H2/t23-,24+/m1/s1. The molecule has 0 aromatic heterocycles. The summed E-state index contributed by atoms with van der Waals surface area (Å²) in [6, 6.07) is 21.7. The Morgan fingerprint density at radius 2 is 1.56 bits per heavy atom. The minimum absolute atomic E-state index is 0.236. The summed E-state index contributed by atoms with van der Waals surface area (Å²) in [5.74, 6) is 0.626. The van der Waals surface area contributed by atoms with Gasteiger partial charge in [-0.25, -0.2) is 0 Å². The normalized spacial score (nSPS) is 23.8. The lowest BCUT2D eigenvalue weighted by atomic mass is 9.90. The van der Waals surface area contributed by atoms with Gasteiger partial charge in [-0.15, -0.1) is 0 Å². The molecule has 3 heteroatoms. The molecule has 2 aromatic carbocycles. The second kappa shape index (κ2) is 8.81. The van der Waals surface area contributed by atoms with E-state index in [4.69, 9.17) is 4.74 Å². The van der Waals surface area contributed by atoms with E-state index in [1.165, 1.54) is 24.0 Å². The SMILES string of the molecule is O=C1CCN([C@@H]2CCCC[C@@H]2OCC(c2ccccc2)c2ccccc2)C1. The van der Waals surface area contributed by atoms with E-state index in [-0.39, 0.29) is 12.0 Å². The number of ketones is 1. The van der Waals surface area contributed by atoms with E-state index in [0.717, 1.165) is 19.4 Å². The fourth-order valence-corrected chi connectivity index (χ4v) is 4.60. The lowest BCUT2D eigenvalue weighted by molar-refractivity contribution is -0.117. The third-order valence-electron chi connectivity index (χ3n) is 6.07. The molecule has 2 aliphatic rings. The third kappa shape index (κ3) is 4.48. The summed E-state index contributed by atoms with van der Waals surface area (Å²) in [6.45, 7) is 2.21. The zero-order valence-corrected chi connectivity index (χ0v) is 15.9. The Bertz CT molecular complexity index is 691. The summed E-state index contributed by atoms with van der Waals surface area (Å²) in [7, 11) is 0. The minimum atomic E-state index is 0.236. The van der Waals surface area contributed by atoms with Crippen LogP contribution < -0.4 is 0 Å². The number of likely N-dealkylation sites (tertiary alicyclic amines) is 1. The van der Waals surface area contributed by atoms with Crippen molar-refractivity contribution in [3.63, 3.8) is 0 Å². The van der Waals surface area contributed by atoms with Gasteiger partial charge in [-0.05, 0) is 24.0 Å². The van der Waals surface area contributed by atoms with Crippen LogP contribution in [0.5, 0.6) is 0 Å². The van der Waals surface area contributed by atoms with Gasteiger partial charge in [0.2, 0.25) is 0 Å². The van der Waals surface area contributed by atoms with E-state index in [2.05, 4.69) is 65.6 Å². The molecule has 2 fully saturated rings. The number of Topliss-reactive ketones (excluding diaryl/α,β-unsaturated/α-hetero) is 1. The highest BCUT2D eigenvalue weighted by atomic mass is 16.5. The van der Waals surface area contributed by atoms with Crippen LogP contribution in [-0.2, 0) is 9.53 Å². The number of hydrogen-bond acceptors (Lipinski definition) is 3. The van der Waals surface area contributed by atoms with Crippen molar-refractivity contribution in [2.45, 2.75) is 50.2 Å². The number of ether oxygens (including phenoxy) is 1. The monoisotopic (exact) mass is 363 g/mol. The summed E-state index contributed by atoms with van der Waals surface area (Å²) in [6.07, 6.45) is 5.67. The largest absolute Gasteiger partial charge is 0.376 e. The van der Waals surface area contributed by atoms with Crippen LogP contribution in [0.2, 0.25) is 0 Å². The van der Waals surface area contributed by atoms with Crippen LogP contribution in [0.25, 0.3) is 0 Å². The Balaban J connectivity index is 1.48. The van der Waals surface area contributed by atoms with Crippen molar-refractivity contribution in [3.05, 3.63) is 71.8 Å². The molecule has 0 radical (unpaired) electrons. The topological polar surface area (TPSA) is 29.5 Å². The molecule has 0 N–H and O–H groups in total. The van der Waals surface area contributed by atoms with Crippen LogP contribution in [0.1, 0.15) is 49.1 Å². The smallest absolute Gasteiger partial charge is 0.148 e. The molecule has 4 rings (SSSR count). The highest BCUT2D eigenvalue weighted by molar-refractivity contribution is 5.82. The molecule has 1 saturated carbocycles. The van der Waals surface area contributed by atoms with Crippen LogP contribution in [0.3, 0.4) is 0 Å². The second-order valence-corrected chi connectivity index (χ2v) is 7.86. The van der Waals surface area contributed by atoms with Gasteiger partial charge >= 0.3 is 0 Å². The first kappa shape index (κ1) is 18.4. The van der Waals surface area contributed by atoms with E-state index < -0.39 is 0 Å². The molecule has 0 amide bonds. The predicted molar refractivity (Wildman–Crippen MR) is 108 cm³/mol. The van der Waals surface area contributed by atoms with E-state index >= 15 is 0 Å². The fraction of sp³-hybridized carbons (Fsp3) is 0.458. The van der Waals surface area contributed by atoms with E-state index in [0.29, 0.717) is 31.4 Å². The Kier molecular flexibility index (Phi) is 6.00. The van der Waals surface area contributed by atoms with Crippen molar-refractivity contribution in [2.75, 3.05) is 19.7 Å². The quantitative estimate of drug-likeness (QED) is 0.761. The lowest BCUT2D eigenvalue weighted by Crippen LogP contribution is -2.46. The van der Waals surface area contributed by atoms with Gasteiger partial charge in [0.1, 0.15) is 5.78 Å². The molecule has 142 valence electrons. The highest BCUT2D eigenvalue weighted by Crippen LogP contribution is 2.31. The molecule has 1 aliphatic heterocycles. The van der Waals surface area contributed by atoms with E-state index in [1.54, 1.807) is 0 Å². The van der Waals surface area contributed by atoms with Crippen molar-refractivity contribution in [1.82, 2.24) is 4.90 Å². The summed E-state index contributed by atoms with van der Waals surface area (Å²) >= 11 is 0. The first-order valence-corrected chi connectivity index (χ1v) is 10.3. The molecule has 0 spiro atoms. The summed E-state index contributed by atoms with van der Waals surface area (Å²) in [4.78, 5) is 14.1. The maximum absolute atomic E-state index is 11.8.